The highest BCUT2D eigenvalue weighted by atomic mass is 35.5. The molecule has 2 aliphatic carbocycles. The van der Waals surface area contributed by atoms with Crippen molar-refractivity contribution in [3.05, 3.63) is 50.8 Å². The molecule has 1 amide bonds. The van der Waals surface area contributed by atoms with Crippen LogP contribution in [0.3, 0.4) is 0 Å². The molecule has 0 radical (unpaired) electrons. The summed E-state index contributed by atoms with van der Waals surface area (Å²) < 4.78 is 44.6. The van der Waals surface area contributed by atoms with Crippen LogP contribution in [0.25, 0.3) is 0 Å². The predicted octanol–water partition coefficient (Wildman–Crippen LogP) is 8.02. The second kappa shape index (κ2) is 11.8. The van der Waals surface area contributed by atoms with Crippen LogP contribution in [0.4, 0.5) is 13.2 Å². The Bertz CT molecular complexity index is 1350. The lowest BCUT2D eigenvalue weighted by atomic mass is 9.74. The Morgan fingerprint density at radius 3 is 2.07 bits per heavy atom. The van der Waals surface area contributed by atoms with Crippen molar-refractivity contribution in [3.8, 4) is 0 Å². The van der Waals surface area contributed by atoms with E-state index < -0.39 is 59.1 Å². The molecule has 1 N–H and O–H groups in total. The number of aliphatic carboxylic acids is 1. The number of rotatable bonds is 7. The normalized spacial score (nSPS) is 23.0. The molecule has 230 valence electrons. The maximum atomic E-state index is 14.6. The summed E-state index contributed by atoms with van der Waals surface area (Å²) >= 11 is 12.7. The first kappa shape index (κ1) is 32.3. The van der Waals surface area contributed by atoms with E-state index in [1.54, 1.807) is 26.0 Å². The molecular formula is C30H36Cl2F3N3O4. The van der Waals surface area contributed by atoms with Crippen molar-refractivity contribution in [1.82, 2.24) is 14.7 Å². The standard InChI is InChI=1S/C30H36Cl2F3N3O4/c1-17-13-21(31)24(22(32)14-17)23(39)16-37(18-5-9-28(2,3)10-6-18)26(40)20-15-36-38(25(20)30(33,34)35)19-7-11-29(4,12-8-19)27(41)42/h13-15,18-19H,5-12,16H2,1-4H3,(H,41,42). The third-order valence-corrected chi connectivity index (χ3v) is 9.60. The lowest BCUT2D eigenvalue weighted by molar-refractivity contribution is -0.152. The zero-order valence-corrected chi connectivity index (χ0v) is 25.7. The number of ketones is 1. The van der Waals surface area contributed by atoms with Crippen LogP contribution < -0.4 is 0 Å². The van der Waals surface area contributed by atoms with Gasteiger partial charge >= 0.3 is 12.1 Å². The zero-order valence-electron chi connectivity index (χ0n) is 24.2. The van der Waals surface area contributed by atoms with E-state index in [9.17, 15) is 32.7 Å². The van der Waals surface area contributed by atoms with Gasteiger partial charge in [0.25, 0.3) is 5.91 Å². The first-order valence-corrected chi connectivity index (χ1v) is 14.9. The number of aromatic nitrogens is 2. The summed E-state index contributed by atoms with van der Waals surface area (Å²) in [6.45, 7) is 7.04. The predicted molar refractivity (Wildman–Crippen MR) is 153 cm³/mol. The Morgan fingerprint density at radius 1 is 1.02 bits per heavy atom. The van der Waals surface area contributed by atoms with Gasteiger partial charge in [0.15, 0.2) is 11.5 Å². The number of hydrogen-bond donors (Lipinski definition) is 1. The van der Waals surface area contributed by atoms with Gasteiger partial charge in [-0.2, -0.15) is 18.3 Å². The van der Waals surface area contributed by atoms with Crippen LogP contribution >= 0.6 is 23.2 Å². The third kappa shape index (κ3) is 6.64. The molecule has 1 aromatic heterocycles. The lowest BCUT2D eigenvalue weighted by Crippen LogP contribution is -2.46. The van der Waals surface area contributed by atoms with Crippen molar-refractivity contribution in [2.24, 2.45) is 10.8 Å². The molecular weight excluding hydrogens is 594 g/mol. The number of carboxylic acid groups (broad SMARTS) is 1. The molecule has 2 saturated carbocycles. The fourth-order valence-corrected chi connectivity index (χ4v) is 7.00. The largest absolute Gasteiger partial charge is 0.481 e. The highest BCUT2D eigenvalue weighted by Gasteiger charge is 2.46. The van der Waals surface area contributed by atoms with Crippen molar-refractivity contribution in [3.63, 3.8) is 0 Å². The molecule has 0 aliphatic heterocycles. The topological polar surface area (TPSA) is 92.5 Å². The molecule has 0 bridgehead atoms. The molecule has 2 aromatic rings. The highest BCUT2D eigenvalue weighted by molar-refractivity contribution is 6.40. The lowest BCUT2D eigenvalue weighted by Gasteiger charge is -2.40. The van der Waals surface area contributed by atoms with Gasteiger partial charge in [-0.25, -0.2) is 0 Å². The fourth-order valence-electron chi connectivity index (χ4n) is 6.19. The number of Topliss-reactive ketones (excluding diaryl/α,β-unsaturated/α-hetero) is 1. The molecule has 2 fully saturated rings. The molecule has 1 aromatic carbocycles. The van der Waals surface area contributed by atoms with Gasteiger partial charge in [0.2, 0.25) is 0 Å². The van der Waals surface area contributed by atoms with Crippen molar-refractivity contribution in [2.75, 3.05) is 6.54 Å². The van der Waals surface area contributed by atoms with Gasteiger partial charge in [0.05, 0.1) is 45.4 Å². The Morgan fingerprint density at radius 2 is 1.57 bits per heavy atom. The number of carbonyl (C=O) groups is 3. The maximum Gasteiger partial charge on any atom is 0.433 e. The Balaban J connectivity index is 1.70. The van der Waals surface area contributed by atoms with E-state index in [2.05, 4.69) is 18.9 Å². The molecule has 12 heteroatoms. The van der Waals surface area contributed by atoms with Crippen LogP contribution in [0.1, 0.15) is 110 Å². The van der Waals surface area contributed by atoms with Gasteiger partial charge in [-0.1, -0.05) is 37.0 Å². The monoisotopic (exact) mass is 629 g/mol. The number of halogens is 5. The van der Waals surface area contributed by atoms with Crippen LogP contribution in [0.15, 0.2) is 18.3 Å². The number of alkyl halides is 3. The summed E-state index contributed by atoms with van der Waals surface area (Å²) in [6, 6.07) is 1.96. The zero-order chi connectivity index (χ0) is 31.2. The van der Waals surface area contributed by atoms with Gasteiger partial charge in [0.1, 0.15) is 0 Å². The molecule has 2 aliphatic rings. The van der Waals surface area contributed by atoms with E-state index >= 15 is 0 Å². The number of amides is 1. The van der Waals surface area contributed by atoms with E-state index in [1.807, 2.05) is 0 Å². The van der Waals surface area contributed by atoms with E-state index in [0.29, 0.717) is 12.8 Å². The van der Waals surface area contributed by atoms with Crippen LogP contribution in [-0.2, 0) is 11.0 Å². The van der Waals surface area contributed by atoms with E-state index in [-0.39, 0.29) is 46.7 Å². The summed E-state index contributed by atoms with van der Waals surface area (Å²) in [5.41, 5.74) is -2.08. The molecule has 7 nitrogen and oxygen atoms in total. The smallest absolute Gasteiger partial charge is 0.433 e. The molecule has 0 atom stereocenters. The molecule has 42 heavy (non-hydrogen) atoms. The van der Waals surface area contributed by atoms with Gasteiger partial charge in [-0.3, -0.25) is 19.1 Å². The Labute approximate surface area is 253 Å². The molecule has 0 saturated heterocycles. The molecule has 1 heterocycles. The van der Waals surface area contributed by atoms with Crippen molar-refractivity contribution < 1.29 is 32.7 Å². The summed E-state index contributed by atoms with van der Waals surface area (Å²) in [6.07, 6.45) is -0.768. The first-order valence-electron chi connectivity index (χ1n) is 14.1. The minimum absolute atomic E-state index is 0.00620. The number of hydrogen-bond acceptors (Lipinski definition) is 4. The molecule has 0 unspecified atom stereocenters. The minimum atomic E-state index is -4.91. The highest BCUT2D eigenvalue weighted by Crippen LogP contribution is 2.44. The van der Waals surface area contributed by atoms with E-state index in [1.165, 1.54) is 4.90 Å². The number of nitrogens with zero attached hydrogens (tertiary/aromatic N) is 3. The van der Waals surface area contributed by atoms with Crippen LogP contribution in [0.5, 0.6) is 0 Å². The van der Waals surface area contributed by atoms with Gasteiger partial charge in [-0.15, -0.1) is 0 Å². The Hall–Kier alpha value is -2.59. The molecule has 0 spiro atoms. The van der Waals surface area contributed by atoms with Gasteiger partial charge < -0.3 is 10.0 Å². The summed E-state index contributed by atoms with van der Waals surface area (Å²) in [5, 5.41) is 13.8. The van der Waals surface area contributed by atoms with E-state index in [4.69, 9.17) is 23.2 Å². The fraction of sp³-hybridized carbons (Fsp3) is 0.600. The van der Waals surface area contributed by atoms with Gasteiger partial charge in [-0.05, 0) is 88.3 Å². The van der Waals surface area contributed by atoms with Gasteiger partial charge in [0, 0.05) is 6.04 Å². The Kier molecular flexibility index (Phi) is 9.11. The second-order valence-electron chi connectivity index (χ2n) is 12.8. The average molecular weight is 631 g/mol. The summed E-state index contributed by atoms with van der Waals surface area (Å²) in [5.74, 6) is -2.49. The van der Waals surface area contributed by atoms with Crippen LogP contribution in [0, 0.1) is 17.8 Å². The number of carboxylic acids is 1. The number of benzene rings is 1. The summed E-state index contributed by atoms with van der Waals surface area (Å²) in [4.78, 5) is 40.4. The van der Waals surface area contributed by atoms with Crippen molar-refractivity contribution >= 4 is 40.9 Å². The number of carbonyl (C=O) groups excluding carboxylic acids is 2. The number of aryl methyl sites for hydroxylation is 1. The second-order valence-corrected chi connectivity index (χ2v) is 13.6. The first-order chi connectivity index (χ1) is 19.4. The molecule has 4 rings (SSSR count). The van der Waals surface area contributed by atoms with Crippen molar-refractivity contribution in [2.45, 2.75) is 97.3 Å². The quantitative estimate of drug-likeness (QED) is 0.313. The maximum absolute atomic E-state index is 14.6. The third-order valence-electron chi connectivity index (χ3n) is 9.00. The van der Waals surface area contributed by atoms with Crippen LogP contribution in [-0.4, -0.2) is 50.0 Å². The minimum Gasteiger partial charge on any atom is -0.481 e. The van der Waals surface area contributed by atoms with Crippen LogP contribution in [0.2, 0.25) is 10.0 Å². The SMILES string of the molecule is Cc1cc(Cl)c(C(=O)CN(C(=O)c2cnn(C3CCC(C)(C(=O)O)CC3)c2C(F)(F)F)C2CCC(C)(C)CC2)c(Cl)c1. The van der Waals surface area contributed by atoms with E-state index in [0.717, 1.165) is 29.3 Å². The summed E-state index contributed by atoms with van der Waals surface area (Å²) in [7, 11) is 0. The van der Waals surface area contributed by atoms with Crippen molar-refractivity contribution in [1.29, 1.82) is 0 Å². The average Bonchev–Trinajstić information content (AvgIpc) is 3.33.